The van der Waals surface area contributed by atoms with Crippen molar-refractivity contribution in [2.24, 2.45) is 0 Å². The van der Waals surface area contributed by atoms with Gasteiger partial charge in [-0.3, -0.25) is 0 Å². The second-order valence-electron chi connectivity index (χ2n) is 6.31. The molecule has 0 aliphatic carbocycles. The van der Waals surface area contributed by atoms with E-state index in [1.54, 1.807) is 38.1 Å². The summed E-state index contributed by atoms with van der Waals surface area (Å²) >= 11 is 0. The smallest absolute Gasteiger partial charge is 0.347 e. The van der Waals surface area contributed by atoms with Crippen LogP contribution in [0.25, 0.3) is 0 Å². The van der Waals surface area contributed by atoms with Gasteiger partial charge >= 0.3 is 11.9 Å². The first-order chi connectivity index (χ1) is 12.8. The van der Waals surface area contributed by atoms with E-state index in [0.717, 1.165) is 16.7 Å². The van der Waals surface area contributed by atoms with Crippen LogP contribution in [-0.2, 0) is 23.8 Å². The minimum atomic E-state index is -0.725. The Morgan fingerprint density at radius 2 is 1.89 bits per heavy atom. The van der Waals surface area contributed by atoms with Crippen LogP contribution in [-0.4, -0.2) is 24.8 Å². The summed E-state index contributed by atoms with van der Waals surface area (Å²) in [6.07, 6.45) is 2.17. The molecule has 0 amide bonds. The summed E-state index contributed by atoms with van der Waals surface area (Å²) < 4.78 is 21.3. The van der Waals surface area contributed by atoms with Gasteiger partial charge in [0.1, 0.15) is 11.9 Å². The van der Waals surface area contributed by atoms with Crippen LogP contribution in [0.4, 0.5) is 0 Å². The highest BCUT2D eigenvalue weighted by Crippen LogP contribution is 2.22. The van der Waals surface area contributed by atoms with E-state index in [4.69, 9.17) is 18.9 Å². The number of benzene rings is 1. The lowest BCUT2D eigenvalue weighted by molar-refractivity contribution is -0.166. The van der Waals surface area contributed by atoms with Gasteiger partial charge in [0.15, 0.2) is 6.61 Å². The molecule has 0 saturated carbocycles. The van der Waals surface area contributed by atoms with Crippen molar-refractivity contribution in [3.05, 3.63) is 65.5 Å². The Hall–Kier alpha value is -3.02. The molecule has 6 nitrogen and oxygen atoms in total. The highest BCUT2D eigenvalue weighted by atomic mass is 16.7. The third-order valence-electron chi connectivity index (χ3n) is 4.07. The Labute approximate surface area is 159 Å². The minimum absolute atomic E-state index is 0.241. The van der Waals surface area contributed by atoms with Crippen molar-refractivity contribution in [3.63, 3.8) is 0 Å². The lowest BCUT2D eigenvalue weighted by Gasteiger charge is -2.22. The maximum absolute atomic E-state index is 12.0. The fraction of sp³-hybridized carbons (Fsp3) is 0.333. The van der Waals surface area contributed by atoms with Crippen molar-refractivity contribution >= 4 is 11.9 Å². The molecular formula is C21H24O6. The average Bonchev–Trinajstić information content (AvgIpc) is 2.64. The summed E-state index contributed by atoms with van der Waals surface area (Å²) in [5.41, 5.74) is 2.99. The molecule has 27 heavy (non-hydrogen) atoms. The van der Waals surface area contributed by atoms with Gasteiger partial charge in [0.25, 0.3) is 6.29 Å². The van der Waals surface area contributed by atoms with Crippen LogP contribution < -0.4 is 4.74 Å². The van der Waals surface area contributed by atoms with Crippen LogP contribution in [0.2, 0.25) is 0 Å². The molecular weight excluding hydrogens is 348 g/mol. The molecule has 6 heteroatoms. The van der Waals surface area contributed by atoms with Crippen LogP contribution in [0.3, 0.4) is 0 Å². The zero-order chi connectivity index (χ0) is 20.0. The highest BCUT2D eigenvalue weighted by Gasteiger charge is 2.20. The minimum Gasteiger partial charge on any atom is -0.482 e. The van der Waals surface area contributed by atoms with Crippen LogP contribution in [0.1, 0.15) is 39.4 Å². The van der Waals surface area contributed by atoms with Crippen molar-refractivity contribution in [2.75, 3.05) is 6.61 Å². The molecule has 0 bridgehead atoms. The molecule has 1 aromatic rings. The normalized spacial score (nSPS) is 17.0. The van der Waals surface area contributed by atoms with E-state index in [2.05, 4.69) is 6.58 Å². The van der Waals surface area contributed by atoms with Crippen LogP contribution >= 0.6 is 0 Å². The Bertz CT molecular complexity index is 772. The van der Waals surface area contributed by atoms with E-state index in [1.807, 2.05) is 19.9 Å². The van der Waals surface area contributed by atoms with E-state index < -0.39 is 24.3 Å². The van der Waals surface area contributed by atoms with Crippen molar-refractivity contribution in [1.29, 1.82) is 0 Å². The third kappa shape index (κ3) is 5.74. The molecule has 0 saturated heterocycles. The van der Waals surface area contributed by atoms with Crippen LogP contribution in [0.15, 0.2) is 59.9 Å². The zero-order valence-corrected chi connectivity index (χ0v) is 16.0. The van der Waals surface area contributed by atoms with Crippen molar-refractivity contribution < 1.29 is 28.5 Å². The summed E-state index contributed by atoms with van der Waals surface area (Å²) in [5, 5.41) is 0. The number of rotatable bonds is 7. The molecule has 2 unspecified atom stereocenters. The molecule has 144 valence electrons. The maximum atomic E-state index is 12.0. The monoisotopic (exact) mass is 372 g/mol. The number of carbonyl (C=O) groups excluding carboxylic acids is 2. The number of carbonyl (C=O) groups is 2. The second-order valence-corrected chi connectivity index (χ2v) is 6.31. The largest absolute Gasteiger partial charge is 0.482 e. The van der Waals surface area contributed by atoms with Crippen molar-refractivity contribution in [1.82, 2.24) is 0 Å². The summed E-state index contributed by atoms with van der Waals surface area (Å²) in [7, 11) is 0. The summed E-state index contributed by atoms with van der Waals surface area (Å²) in [5.74, 6) is -0.470. The summed E-state index contributed by atoms with van der Waals surface area (Å²) in [6.45, 7) is 10.4. The first-order valence-corrected chi connectivity index (χ1v) is 8.56. The highest BCUT2D eigenvalue weighted by molar-refractivity contribution is 5.87. The topological polar surface area (TPSA) is 71.1 Å². The van der Waals surface area contributed by atoms with E-state index >= 15 is 0 Å². The van der Waals surface area contributed by atoms with Crippen molar-refractivity contribution in [2.45, 2.75) is 40.1 Å². The van der Waals surface area contributed by atoms with Crippen LogP contribution in [0, 0.1) is 0 Å². The Balaban J connectivity index is 1.84. The van der Waals surface area contributed by atoms with Crippen LogP contribution in [0.5, 0.6) is 5.75 Å². The molecule has 2 rings (SSSR count). The van der Waals surface area contributed by atoms with Gasteiger partial charge in [-0.15, -0.1) is 0 Å². The first-order valence-electron chi connectivity index (χ1n) is 8.56. The molecule has 1 aromatic carbocycles. The SMILES string of the molecule is C=C(C)C(=O)OC(C)c1ccc(OCC(=O)OC2OC=CC(C)=C2C)cc1. The fourth-order valence-corrected chi connectivity index (χ4v) is 2.21. The average molecular weight is 372 g/mol. The van der Waals surface area contributed by atoms with Crippen molar-refractivity contribution in [3.8, 4) is 5.75 Å². The summed E-state index contributed by atoms with van der Waals surface area (Å²) in [6, 6.07) is 6.93. The molecule has 1 heterocycles. The molecule has 0 radical (unpaired) electrons. The lowest BCUT2D eigenvalue weighted by Crippen LogP contribution is -2.26. The standard InChI is InChI=1S/C21H24O6/c1-13(2)20(23)26-16(5)17-6-8-18(9-7-17)25-12-19(22)27-21-15(4)14(3)10-11-24-21/h6-11,16,21H,1,12H2,2-5H3. The third-order valence-corrected chi connectivity index (χ3v) is 4.07. The van der Waals surface area contributed by atoms with Gasteiger partial charge in [0.2, 0.25) is 0 Å². The fourth-order valence-electron chi connectivity index (χ4n) is 2.21. The zero-order valence-electron chi connectivity index (χ0n) is 16.0. The first kappa shape index (κ1) is 20.3. The van der Waals surface area contributed by atoms with E-state index in [-0.39, 0.29) is 6.61 Å². The predicted molar refractivity (Wildman–Crippen MR) is 99.7 cm³/mol. The Morgan fingerprint density at radius 1 is 1.22 bits per heavy atom. The molecule has 2 atom stereocenters. The van der Waals surface area contributed by atoms with E-state index in [0.29, 0.717) is 11.3 Å². The van der Waals surface area contributed by atoms with Gasteiger partial charge in [0, 0.05) is 11.1 Å². The van der Waals surface area contributed by atoms with Gasteiger partial charge in [-0.1, -0.05) is 18.7 Å². The predicted octanol–water partition coefficient (Wildman–Crippen LogP) is 4.00. The molecule has 1 aliphatic rings. The van der Waals surface area contributed by atoms with Gasteiger partial charge in [-0.25, -0.2) is 9.59 Å². The number of ether oxygens (including phenoxy) is 4. The second kappa shape index (κ2) is 9.07. The Morgan fingerprint density at radius 3 is 2.52 bits per heavy atom. The molecule has 1 aliphatic heterocycles. The molecule has 0 fully saturated rings. The maximum Gasteiger partial charge on any atom is 0.347 e. The van der Waals surface area contributed by atoms with Gasteiger partial charge in [-0.2, -0.15) is 0 Å². The Kier molecular flexibility index (Phi) is 6.82. The van der Waals surface area contributed by atoms with Gasteiger partial charge < -0.3 is 18.9 Å². The van der Waals surface area contributed by atoms with E-state index in [9.17, 15) is 9.59 Å². The molecule has 0 N–H and O–H groups in total. The molecule has 0 aromatic heterocycles. The number of hydrogen-bond acceptors (Lipinski definition) is 6. The van der Waals surface area contributed by atoms with E-state index in [1.165, 1.54) is 6.26 Å². The quantitative estimate of drug-likeness (QED) is 0.532. The molecule has 0 spiro atoms. The van der Waals surface area contributed by atoms with Gasteiger partial charge in [-0.05, 0) is 57.0 Å². The lowest BCUT2D eigenvalue weighted by atomic mass is 10.1. The summed E-state index contributed by atoms with van der Waals surface area (Å²) in [4.78, 5) is 23.5. The number of allylic oxidation sites excluding steroid dienone is 2. The van der Waals surface area contributed by atoms with Gasteiger partial charge in [0.05, 0.1) is 6.26 Å². The number of esters is 2. The number of hydrogen-bond donors (Lipinski definition) is 0.